The van der Waals surface area contributed by atoms with Gasteiger partial charge in [-0.25, -0.2) is 0 Å². The van der Waals surface area contributed by atoms with Gasteiger partial charge in [0.1, 0.15) is 0 Å². The Balaban J connectivity index is 2.66. The van der Waals surface area contributed by atoms with Crippen molar-refractivity contribution in [1.29, 1.82) is 0 Å². The predicted molar refractivity (Wildman–Crippen MR) is 74.7 cm³/mol. The van der Waals surface area contributed by atoms with Gasteiger partial charge < -0.3 is 10.6 Å². The number of nitrogens with one attached hydrogen (secondary N) is 2. The molecular formula is C13H18N2O2S. The number of amides is 2. The van der Waals surface area contributed by atoms with Crippen molar-refractivity contribution in [2.45, 2.75) is 30.4 Å². The summed E-state index contributed by atoms with van der Waals surface area (Å²) in [6.07, 6.45) is 0. The van der Waals surface area contributed by atoms with Crippen molar-refractivity contribution < 1.29 is 9.59 Å². The normalized spacial score (nSPS) is 10.9. The van der Waals surface area contributed by atoms with E-state index < -0.39 is 11.8 Å². The molecule has 0 fully saturated rings. The summed E-state index contributed by atoms with van der Waals surface area (Å²) in [5.74, 6) is -1.31. The van der Waals surface area contributed by atoms with E-state index in [2.05, 4.69) is 31.4 Å². The summed E-state index contributed by atoms with van der Waals surface area (Å²) in [7, 11) is 1.42. The second kappa shape index (κ2) is 5.91. The average molecular weight is 266 g/mol. The van der Waals surface area contributed by atoms with Crippen molar-refractivity contribution in [1.82, 2.24) is 5.32 Å². The smallest absolute Gasteiger partial charge is 0.313 e. The Hall–Kier alpha value is -1.49. The fourth-order valence-corrected chi connectivity index (χ4v) is 2.24. The first-order valence-electron chi connectivity index (χ1n) is 5.64. The third-order valence-corrected chi connectivity index (χ3v) is 3.09. The summed E-state index contributed by atoms with van der Waals surface area (Å²) in [5.41, 5.74) is 0.613. The quantitative estimate of drug-likeness (QED) is 0.637. The number of likely N-dealkylation sites (N-methyl/N-ethyl adjacent to an activating group) is 1. The minimum atomic E-state index is -0.659. The van der Waals surface area contributed by atoms with Crippen molar-refractivity contribution >= 4 is 29.3 Å². The topological polar surface area (TPSA) is 58.2 Å². The molecule has 0 atom stereocenters. The fraction of sp³-hybridized carbons (Fsp3) is 0.385. The molecule has 0 radical (unpaired) electrons. The van der Waals surface area contributed by atoms with E-state index in [9.17, 15) is 9.59 Å². The number of hydrogen-bond donors (Lipinski definition) is 2. The zero-order chi connectivity index (χ0) is 13.8. The van der Waals surface area contributed by atoms with E-state index in [0.29, 0.717) is 5.69 Å². The Labute approximate surface area is 112 Å². The number of carbonyl (C=O) groups is 2. The first-order valence-corrected chi connectivity index (χ1v) is 6.45. The van der Waals surface area contributed by atoms with E-state index in [4.69, 9.17) is 0 Å². The Bertz CT molecular complexity index is 435. The summed E-state index contributed by atoms with van der Waals surface area (Å²) in [6, 6.07) is 7.43. The number of thioether (sulfide) groups is 1. The van der Waals surface area contributed by atoms with E-state index in [-0.39, 0.29) is 4.75 Å². The van der Waals surface area contributed by atoms with Crippen LogP contribution in [0.4, 0.5) is 5.69 Å². The molecule has 0 unspecified atom stereocenters. The molecule has 98 valence electrons. The van der Waals surface area contributed by atoms with Crippen molar-refractivity contribution in [3.05, 3.63) is 24.3 Å². The molecule has 0 saturated heterocycles. The highest BCUT2D eigenvalue weighted by molar-refractivity contribution is 8.00. The van der Waals surface area contributed by atoms with Gasteiger partial charge in [0.05, 0.1) is 0 Å². The molecule has 0 spiro atoms. The van der Waals surface area contributed by atoms with Gasteiger partial charge in [0.2, 0.25) is 0 Å². The van der Waals surface area contributed by atoms with Crippen molar-refractivity contribution in [2.24, 2.45) is 0 Å². The highest BCUT2D eigenvalue weighted by Crippen LogP contribution is 2.32. The number of hydrogen-bond acceptors (Lipinski definition) is 3. The molecule has 0 heterocycles. The number of rotatable bonds is 2. The van der Waals surface area contributed by atoms with Crippen LogP contribution < -0.4 is 10.6 Å². The zero-order valence-electron chi connectivity index (χ0n) is 11.0. The maximum absolute atomic E-state index is 11.3. The maximum Gasteiger partial charge on any atom is 0.313 e. The van der Waals surface area contributed by atoms with Gasteiger partial charge in [0.15, 0.2) is 0 Å². The lowest BCUT2D eigenvalue weighted by molar-refractivity contribution is -0.135. The molecule has 4 nitrogen and oxygen atoms in total. The maximum atomic E-state index is 11.3. The molecule has 2 N–H and O–H groups in total. The molecule has 18 heavy (non-hydrogen) atoms. The lowest BCUT2D eigenvalue weighted by Crippen LogP contribution is -2.32. The summed E-state index contributed by atoms with van der Waals surface area (Å²) < 4.78 is 0.146. The largest absolute Gasteiger partial charge is 0.351 e. The first-order chi connectivity index (χ1) is 8.31. The molecule has 1 aromatic rings. The molecule has 0 aliphatic heterocycles. The minimum absolute atomic E-state index is 0.146. The lowest BCUT2D eigenvalue weighted by atomic mass is 10.3. The Morgan fingerprint density at radius 2 is 1.61 bits per heavy atom. The summed E-state index contributed by atoms with van der Waals surface area (Å²) >= 11 is 1.75. The number of benzene rings is 1. The molecule has 0 aromatic heterocycles. The lowest BCUT2D eigenvalue weighted by Gasteiger charge is -2.17. The molecule has 1 rings (SSSR count). The third kappa shape index (κ3) is 4.79. The zero-order valence-corrected chi connectivity index (χ0v) is 11.9. The Morgan fingerprint density at radius 1 is 1.06 bits per heavy atom. The van der Waals surface area contributed by atoms with Crippen LogP contribution in [0.3, 0.4) is 0 Å². The monoisotopic (exact) mass is 266 g/mol. The van der Waals surface area contributed by atoms with Gasteiger partial charge in [0, 0.05) is 22.4 Å². The van der Waals surface area contributed by atoms with Crippen LogP contribution in [0.5, 0.6) is 0 Å². The van der Waals surface area contributed by atoms with E-state index in [1.807, 2.05) is 12.1 Å². The SMILES string of the molecule is CNC(=O)C(=O)Nc1ccc(SC(C)(C)C)cc1. The van der Waals surface area contributed by atoms with Gasteiger partial charge >= 0.3 is 11.8 Å². The van der Waals surface area contributed by atoms with Crippen LogP contribution in [0.2, 0.25) is 0 Å². The molecule has 2 amide bonds. The number of anilines is 1. The van der Waals surface area contributed by atoms with Gasteiger partial charge in [0.25, 0.3) is 0 Å². The van der Waals surface area contributed by atoms with Crippen LogP contribution in [-0.4, -0.2) is 23.6 Å². The van der Waals surface area contributed by atoms with Crippen LogP contribution in [0.1, 0.15) is 20.8 Å². The van der Waals surface area contributed by atoms with E-state index >= 15 is 0 Å². The third-order valence-electron chi connectivity index (χ3n) is 1.97. The molecule has 0 saturated carbocycles. The van der Waals surface area contributed by atoms with Crippen LogP contribution in [0, 0.1) is 0 Å². The number of carbonyl (C=O) groups excluding carboxylic acids is 2. The fourth-order valence-electron chi connectivity index (χ4n) is 1.26. The van der Waals surface area contributed by atoms with Crippen LogP contribution >= 0.6 is 11.8 Å². The highest BCUT2D eigenvalue weighted by atomic mass is 32.2. The van der Waals surface area contributed by atoms with E-state index in [1.54, 1.807) is 23.9 Å². The second-order valence-corrected chi connectivity index (χ2v) is 6.67. The van der Waals surface area contributed by atoms with Crippen LogP contribution in [-0.2, 0) is 9.59 Å². The van der Waals surface area contributed by atoms with Gasteiger partial charge in [-0.2, -0.15) is 0 Å². The Morgan fingerprint density at radius 3 is 2.06 bits per heavy atom. The van der Waals surface area contributed by atoms with Crippen molar-refractivity contribution in [3.8, 4) is 0 Å². The van der Waals surface area contributed by atoms with Crippen molar-refractivity contribution in [3.63, 3.8) is 0 Å². The van der Waals surface area contributed by atoms with Crippen LogP contribution in [0.15, 0.2) is 29.2 Å². The molecule has 0 aliphatic carbocycles. The summed E-state index contributed by atoms with van der Waals surface area (Å²) in [4.78, 5) is 23.5. The average Bonchev–Trinajstić information content (AvgIpc) is 2.28. The van der Waals surface area contributed by atoms with Gasteiger partial charge in [-0.15, -0.1) is 11.8 Å². The predicted octanol–water partition coefficient (Wildman–Crippen LogP) is 2.26. The van der Waals surface area contributed by atoms with Crippen LogP contribution in [0.25, 0.3) is 0 Å². The van der Waals surface area contributed by atoms with E-state index in [0.717, 1.165) is 4.90 Å². The first kappa shape index (κ1) is 14.6. The summed E-state index contributed by atoms with van der Waals surface area (Å²) in [6.45, 7) is 6.41. The van der Waals surface area contributed by atoms with Gasteiger partial charge in [-0.1, -0.05) is 20.8 Å². The van der Waals surface area contributed by atoms with Gasteiger partial charge in [-0.05, 0) is 24.3 Å². The minimum Gasteiger partial charge on any atom is -0.351 e. The van der Waals surface area contributed by atoms with Gasteiger partial charge in [-0.3, -0.25) is 9.59 Å². The molecular weight excluding hydrogens is 248 g/mol. The van der Waals surface area contributed by atoms with E-state index in [1.165, 1.54) is 7.05 Å². The summed E-state index contributed by atoms with van der Waals surface area (Å²) in [5, 5.41) is 4.79. The second-order valence-electron chi connectivity index (χ2n) is 4.77. The standard InChI is InChI=1S/C13H18N2O2S/c1-13(2,3)18-10-7-5-9(6-8-10)15-12(17)11(16)14-4/h5-8H,1-4H3,(H,14,16)(H,15,17). The highest BCUT2D eigenvalue weighted by Gasteiger charge is 2.13. The molecule has 1 aromatic carbocycles. The molecule has 0 bridgehead atoms. The molecule has 5 heteroatoms. The Kier molecular flexibility index (Phi) is 4.78. The molecule has 0 aliphatic rings. The van der Waals surface area contributed by atoms with Crippen molar-refractivity contribution in [2.75, 3.05) is 12.4 Å².